The van der Waals surface area contributed by atoms with Gasteiger partial charge in [-0.05, 0) is 53.8 Å². The van der Waals surface area contributed by atoms with E-state index in [2.05, 4.69) is 5.32 Å². The van der Waals surface area contributed by atoms with E-state index in [1.165, 1.54) is 0 Å². The Bertz CT molecular complexity index is 1180. The van der Waals surface area contributed by atoms with Gasteiger partial charge in [0.2, 0.25) is 11.8 Å². The van der Waals surface area contributed by atoms with E-state index in [0.29, 0.717) is 43.2 Å². The first-order valence-corrected chi connectivity index (χ1v) is 12.9. The van der Waals surface area contributed by atoms with Crippen LogP contribution >= 0.6 is 0 Å². The number of aryl methyl sites for hydroxylation is 1. The number of ether oxygens (including phenoxy) is 3. The second-order valence-corrected chi connectivity index (χ2v) is 9.06. The Morgan fingerprint density at radius 2 is 1.55 bits per heavy atom. The van der Waals surface area contributed by atoms with Gasteiger partial charge in [-0.25, -0.2) is 0 Å². The molecule has 7 heteroatoms. The first kappa shape index (κ1) is 28.6. The number of methoxy groups -OCH3 is 3. The number of nitrogens with zero attached hydrogens (tertiary/aromatic N) is 1. The summed E-state index contributed by atoms with van der Waals surface area (Å²) in [6, 6.07) is 22.4. The minimum atomic E-state index is -0.659. The van der Waals surface area contributed by atoms with Crippen molar-refractivity contribution in [3.8, 4) is 17.2 Å². The molecule has 0 aliphatic rings. The normalized spacial score (nSPS) is 11.4. The largest absolute Gasteiger partial charge is 0.497 e. The predicted octanol–water partition coefficient (Wildman–Crippen LogP) is 4.81. The molecular weight excluding hydrogens is 480 g/mol. The molecule has 2 amide bonds. The molecule has 0 bridgehead atoms. The van der Waals surface area contributed by atoms with Crippen molar-refractivity contribution >= 4 is 11.8 Å². The second kappa shape index (κ2) is 14.7. The number of benzene rings is 3. The van der Waals surface area contributed by atoms with Crippen molar-refractivity contribution in [2.45, 2.75) is 45.2 Å². The van der Waals surface area contributed by atoms with Crippen molar-refractivity contribution in [2.75, 3.05) is 27.9 Å². The van der Waals surface area contributed by atoms with Gasteiger partial charge in [0.25, 0.3) is 0 Å². The molecule has 0 heterocycles. The van der Waals surface area contributed by atoms with Crippen LogP contribution in [-0.4, -0.2) is 50.6 Å². The predicted molar refractivity (Wildman–Crippen MR) is 149 cm³/mol. The first-order valence-electron chi connectivity index (χ1n) is 12.9. The molecule has 7 nitrogen and oxygen atoms in total. The van der Waals surface area contributed by atoms with Crippen LogP contribution in [-0.2, 0) is 29.0 Å². The quantitative estimate of drug-likeness (QED) is 0.331. The van der Waals surface area contributed by atoms with Crippen LogP contribution in [0.15, 0.2) is 72.8 Å². The van der Waals surface area contributed by atoms with Gasteiger partial charge in [0.05, 0.1) is 21.3 Å². The molecule has 0 saturated heterocycles. The number of carbonyl (C=O) groups excluding carboxylic acids is 2. The third-order valence-electron chi connectivity index (χ3n) is 6.38. The van der Waals surface area contributed by atoms with E-state index in [9.17, 15) is 9.59 Å². The zero-order valence-corrected chi connectivity index (χ0v) is 22.7. The number of rotatable bonds is 14. The van der Waals surface area contributed by atoms with Gasteiger partial charge in [0.1, 0.15) is 11.8 Å². The minimum Gasteiger partial charge on any atom is -0.497 e. The van der Waals surface area contributed by atoms with Crippen molar-refractivity contribution in [1.82, 2.24) is 10.2 Å². The fourth-order valence-corrected chi connectivity index (χ4v) is 4.32. The lowest BCUT2D eigenvalue weighted by Gasteiger charge is -2.32. The van der Waals surface area contributed by atoms with Crippen LogP contribution in [0.4, 0.5) is 0 Å². The van der Waals surface area contributed by atoms with Crippen LogP contribution in [0.1, 0.15) is 36.5 Å². The molecule has 3 rings (SSSR count). The van der Waals surface area contributed by atoms with Crippen LogP contribution in [0.3, 0.4) is 0 Å². The van der Waals surface area contributed by atoms with Gasteiger partial charge >= 0.3 is 0 Å². The number of nitrogens with one attached hydrogen (secondary N) is 1. The Balaban J connectivity index is 1.90. The van der Waals surface area contributed by atoms with Crippen LogP contribution in [0.2, 0.25) is 0 Å². The summed E-state index contributed by atoms with van der Waals surface area (Å²) in [7, 11) is 4.79. The van der Waals surface area contributed by atoms with Gasteiger partial charge in [-0.15, -0.1) is 0 Å². The van der Waals surface area contributed by atoms with E-state index in [-0.39, 0.29) is 18.2 Å². The molecule has 0 aliphatic carbocycles. The average Bonchev–Trinajstić information content (AvgIpc) is 2.96. The molecule has 3 aromatic rings. The maximum Gasteiger partial charge on any atom is 0.243 e. The Labute approximate surface area is 225 Å². The van der Waals surface area contributed by atoms with Crippen molar-refractivity contribution in [1.29, 1.82) is 0 Å². The monoisotopic (exact) mass is 518 g/mol. The van der Waals surface area contributed by atoms with E-state index < -0.39 is 6.04 Å². The molecule has 0 aliphatic heterocycles. The first-order chi connectivity index (χ1) is 18.5. The van der Waals surface area contributed by atoms with Gasteiger partial charge in [-0.1, -0.05) is 55.5 Å². The lowest BCUT2D eigenvalue weighted by atomic mass is 10.0. The average molecular weight is 519 g/mol. The van der Waals surface area contributed by atoms with Crippen LogP contribution in [0.25, 0.3) is 0 Å². The molecule has 1 N–H and O–H groups in total. The van der Waals surface area contributed by atoms with E-state index in [4.69, 9.17) is 14.2 Å². The topological polar surface area (TPSA) is 77.1 Å². The maximum absolute atomic E-state index is 13.8. The van der Waals surface area contributed by atoms with Crippen LogP contribution < -0.4 is 19.5 Å². The summed E-state index contributed by atoms with van der Waals surface area (Å²) in [5.41, 5.74) is 2.84. The number of amides is 2. The number of hydrogen-bond acceptors (Lipinski definition) is 5. The molecule has 202 valence electrons. The standard InChI is InChI=1S/C31H38N2O5/c1-5-18-32-31(35)27(20-23-10-7-6-8-11-23)33(22-25-12-9-13-26(19-25)36-2)30(34)17-15-24-14-16-28(37-3)29(21-24)38-4/h6-14,16,19,21,27H,5,15,17-18,20,22H2,1-4H3,(H,32,35)/t27-/m0/s1. The highest BCUT2D eigenvalue weighted by molar-refractivity contribution is 5.88. The van der Waals surface area contributed by atoms with Crippen molar-refractivity contribution < 1.29 is 23.8 Å². The molecule has 0 saturated carbocycles. The smallest absolute Gasteiger partial charge is 0.243 e. The Kier molecular flexibility index (Phi) is 11.0. The zero-order chi connectivity index (χ0) is 27.3. The maximum atomic E-state index is 13.8. The lowest BCUT2D eigenvalue weighted by molar-refractivity contribution is -0.141. The third kappa shape index (κ3) is 8.00. The molecule has 0 spiro atoms. The lowest BCUT2D eigenvalue weighted by Crippen LogP contribution is -2.50. The van der Waals surface area contributed by atoms with E-state index in [1.54, 1.807) is 26.2 Å². The van der Waals surface area contributed by atoms with Crippen LogP contribution in [0, 0.1) is 0 Å². The number of hydrogen-bond donors (Lipinski definition) is 1. The molecule has 0 fully saturated rings. The highest BCUT2D eigenvalue weighted by Crippen LogP contribution is 2.28. The summed E-state index contributed by atoms with van der Waals surface area (Å²) < 4.78 is 16.1. The molecule has 0 radical (unpaired) electrons. The summed E-state index contributed by atoms with van der Waals surface area (Å²) in [5.74, 6) is 1.70. The molecule has 0 aromatic heterocycles. The van der Waals surface area contributed by atoms with Crippen molar-refractivity contribution in [3.05, 3.63) is 89.5 Å². The van der Waals surface area contributed by atoms with E-state index >= 15 is 0 Å². The van der Waals surface area contributed by atoms with Gasteiger partial charge in [0.15, 0.2) is 11.5 Å². The molecule has 3 aromatic carbocycles. The molecular formula is C31H38N2O5. The van der Waals surface area contributed by atoms with Crippen molar-refractivity contribution in [2.24, 2.45) is 0 Å². The molecule has 38 heavy (non-hydrogen) atoms. The SMILES string of the molecule is CCCNC(=O)[C@H](Cc1ccccc1)N(Cc1cccc(OC)c1)C(=O)CCc1ccc(OC)c(OC)c1. The number of carbonyl (C=O) groups is 2. The fraction of sp³-hybridized carbons (Fsp3) is 0.355. The Morgan fingerprint density at radius 1 is 0.816 bits per heavy atom. The summed E-state index contributed by atoms with van der Waals surface area (Å²) in [4.78, 5) is 29.0. The second-order valence-electron chi connectivity index (χ2n) is 9.06. The van der Waals surface area contributed by atoms with Crippen LogP contribution in [0.5, 0.6) is 17.2 Å². The van der Waals surface area contributed by atoms with Gasteiger partial charge in [-0.2, -0.15) is 0 Å². The highest BCUT2D eigenvalue weighted by Gasteiger charge is 2.30. The molecule has 1 atom stereocenters. The van der Waals surface area contributed by atoms with Gasteiger partial charge < -0.3 is 24.4 Å². The van der Waals surface area contributed by atoms with E-state index in [1.807, 2.05) is 79.7 Å². The summed E-state index contributed by atoms with van der Waals surface area (Å²) in [6.45, 7) is 2.85. The third-order valence-corrected chi connectivity index (χ3v) is 6.38. The Morgan fingerprint density at radius 3 is 2.24 bits per heavy atom. The summed E-state index contributed by atoms with van der Waals surface area (Å²) in [6.07, 6.45) is 1.98. The fourth-order valence-electron chi connectivity index (χ4n) is 4.32. The zero-order valence-electron chi connectivity index (χ0n) is 22.7. The van der Waals surface area contributed by atoms with E-state index in [0.717, 1.165) is 23.1 Å². The summed E-state index contributed by atoms with van der Waals surface area (Å²) in [5, 5.41) is 3.01. The van der Waals surface area contributed by atoms with Crippen molar-refractivity contribution in [3.63, 3.8) is 0 Å². The van der Waals surface area contributed by atoms with Gasteiger partial charge in [0, 0.05) is 25.9 Å². The summed E-state index contributed by atoms with van der Waals surface area (Å²) >= 11 is 0. The molecule has 0 unspecified atom stereocenters. The van der Waals surface area contributed by atoms with Gasteiger partial charge in [-0.3, -0.25) is 9.59 Å². The highest BCUT2D eigenvalue weighted by atomic mass is 16.5. The Hall–Kier alpha value is -4.00. The minimum absolute atomic E-state index is 0.102.